The van der Waals surface area contributed by atoms with Crippen LogP contribution in [0.2, 0.25) is 10.0 Å². The van der Waals surface area contributed by atoms with E-state index in [9.17, 15) is 8.42 Å². The van der Waals surface area contributed by atoms with Crippen LogP contribution < -0.4 is 0 Å². The second-order valence-corrected chi connectivity index (χ2v) is 6.99. The smallest absolute Gasteiger partial charge is 0.176 e. The maximum absolute atomic E-state index is 11.7. The third-order valence-corrected chi connectivity index (χ3v) is 4.28. The van der Waals surface area contributed by atoms with Crippen molar-refractivity contribution in [3.05, 3.63) is 58.1 Å². The van der Waals surface area contributed by atoms with Gasteiger partial charge in [-0.2, -0.15) is 0 Å². The Balaban J connectivity index is 2.42. The molecule has 6 heteroatoms. The predicted molar refractivity (Wildman–Crippen MR) is 83.3 cm³/mol. The zero-order chi connectivity index (χ0) is 14.8. The molecular formula is C14H11Cl2NO2S. The molecule has 0 bridgehead atoms. The van der Waals surface area contributed by atoms with Crippen molar-refractivity contribution in [1.29, 1.82) is 0 Å². The Morgan fingerprint density at radius 2 is 1.80 bits per heavy atom. The molecule has 3 nitrogen and oxygen atoms in total. The fourth-order valence-corrected chi connectivity index (χ4v) is 2.98. The van der Waals surface area contributed by atoms with E-state index in [0.717, 1.165) is 6.26 Å². The number of nitrogens with zero attached hydrogens (tertiary/aromatic N) is 1. The Bertz CT molecular complexity index is 770. The fourth-order valence-electron chi connectivity index (χ4n) is 1.65. The third-order valence-electron chi connectivity index (χ3n) is 2.57. The average Bonchev–Trinajstić information content (AvgIpc) is 2.37. The normalized spacial score (nSPS) is 11.9. The number of rotatable bonds is 3. The van der Waals surface area contributed by atoms with Gasteiger partial charge in [-0.05, 0) is 24.3 Å². The molecule has 104 valence electrons. The Morgan fingerprint density at radius 3 is 2.45 bits per heavy atom. The second-order valence-electron chi connectivity index (χ2n) is 4.16. The standard InChI is InChI=1S/C14H11Cl2NO2S/c1-20(18,19)14-5-3-2-4-10(14)9-17-13-7-6-11(15)8-12(13)16/h2-9H,1H3/b17-9-. The Morgan fingerprint density at radius 1 is 1.10 bits per heavy atom. The summed E-state index contributed by atoms with van der Waals surface area (Å²) < 4.78 is 23.3. The Labute approximate surface area is 127 Å². The van der Waals surface area contributed by atoms with E-state index in [-0.39, 0.29) is 4.90 Å². The van der Waals surface area contributed by atoms with Crippen molar-refractivity contribution >= 4 is 44.9 Å². The largest absolute Gasteiger partial charge is 0.255 e. The van der Waals surface area contributed by atoms with Crippen LogP contribution in [-0.2, 0) is 9.84 Å². The molecule has 0 fully saturated rings. The lowest BCUT2D eigenvalue weighted by Crippen LogP contribution is -2.01. The minimum atomic E-state index is -3.30. The minimum Gasteiger partial charge on any atom is -0.255 e. The van der Waals surface area contributed by atoms with E-state index >= 15 is 0 Å². The molecule has 2 rings (SSSR count). The lowest BCUT2D eigenvalue weighted by molar-refractivity contribution is 0.602. The number of aliphatic imine (C=N–C) groups is 1. The molecule has 0 atom stereocenters. The highest BCUT2D eigenvalue weighted by Gasteiger charge is 2.10. The molecular weight excluding hydrogens is 317 g/mol. The molecule has 0 saturated heterocycles. The molecule has 0 amide bonds. The van der Waals surface area contributed by atoms with Crippen LogP contribution in [0.3, 0.4) is 0 Å². The molecule has 0 aliphatic rings. The zero-order valence-electron chi connectivity index (χ0n) is 10.5. The monoisotopic (exact) mass is 327 g/mol. The van der Waals surface area contributed by atoms with E-state index in [2.05, 4.69) is 4.99 Å². The molecule has 20 heavy (non-hydrogen) atoms. The SMILES string of the molecule is CS(=O)(=O)c1ccccc1/C=N\c1ccc(Cl)cc1Cl. The van der Waals surface area contributed by atoms with E-state index in [1.807, 2.05) is 0 Å². The Kier molecular flexibility index (Phi) is 4.48. The van der Waals surface area contributed by atoms with Crippen LogP contribution in [0.1, 0.15) is 5.56 Å². The van der Waals surface area contributed by atoms with E-state index in [1.165, 1.54) is 6.21 Å². The summed E-state index contributed by atoms with van der Waals surface area (Å²) in [5.41, 5.74) is 1.04. The van der Waals surface area contributed by atoms with Gasteiger partial charge in [0.2, 0.25) is 0 Å². The van der Waals surface area contributed by atoms with Gasteiger partial charge in [-0.3, -0.25) is 4.99 Å². The van der Waals surface area contributed by atoms with Gasteiger partial charge in [0.1, 0.15) is 0 Å². The van der Waals surface area contributed by atoms with Gasteiger partial charge < -0.3 is 0 Å². The lowest BCUT2D eigenvalue weighted by atomic mass is 10.2. The van der Waals surface area contributed by atoms with E-state index in [0.29, 0.717) is 21.3 Å². The van der Waals surface area contributed by atoms with Gasteiger partial charge in [0.05, 0.1) is 15.6 Å². The van der Waals surface area contributed by atoms with E-state index in [1.54, 1.807) is 42.5 Å². The van der Waals surface area contributed by atoms with Crippen LogP contribution in [0.25, 0.3) is 0 Å². The maximum Gasteiger partial charge on any atom is 0.176 e. The first-order valence-corrected chi connectivity index (χ1v) is 8.31. The average molecular weight is 328 g/mol. The van der Waals surface area contributed by atoms with E-state index in [4.69, 9.17) is 23.2 Å². The third kappa shape index (κ3) is 3.60. The lowest BCUT2D eigenvalue weighted by Gasteiger charge is -2.03. The zero-order valence-corrected chi connectivity index (χ0v) is 12.9. The van der Waals surface area contributed by atoms with Gasteiger partial charge in [-0.15, -0.1) is 0 Å². The van der Waals surface area contributed by atoms with Gasteiger partial charge in [0, 0.05) is 23.1 Å². The minimum absolute atomic E-state index is 0.230. The van der Waals surface area contributed by atoms with Gasteiger partial charge in [-0.1, -0.05) is 41.4 Å². The highest BCUT2D eigenvalue weighted by atomic mass is 35.5. The summed E-state index contributed by atoms with van der Waals surface area (Å²) in [4.78, 5) is 4.44. The molecule has 0 aromatic heterocycles. The quantitative estimate of drug-likeness (QED) is 0.795. The molecule has 0 radical (unpaired) electrons. The van der Waals surface area contributed by atoms with Crippen molar-refractivity contribution in [2.45, 2.75) is 4.90 Å². The van der Waals surface area contributed by atoms with Crippen molar-refractivity contribution in [2.75, 3.05) is 6.26 Å². The first kappa shape index (κ1) is 15.0. The summed E-state index contributed by atoms with van der Waals surface area (Å²) in [6.07, 6.45) is 2.64. The summed E-state index contributed by atoms with van der Waals surface area (Å²) in [6, 6.07) is 11.6. The highest BCUT2D eigenvalue weighted by molar-refractivity contribution is 7.90. The summed E-state index contributed by atoms with van der Waals surface area (Å²) in [6.45, 7) is 0. The van der Waals surface area contributed by atoms with Crippen molar-refractivity contribution < 1.29 is 8.42 Å². The van der Waals surface area contributed by atoms with E-state index < -0.39 is 9.84 Å². The van der Waals surface area contributed by atoms with Gasteiger partial charge in [-0.25, -0.2) is 8.42 Å². The Hall–Kier alpha value is -1.36. The summed E-state index contributed by atoms with van der Waals surface area (Å²) in [5, 5.41) is 0.927. The topological polar surface area (TPSA) is 46.5 Å². The van der Waals surface area contributed by atoms with Crippen LogP contribution in [0, 0.1) is 0 Å². The summed E-state index contributed by atoms with van der Waals surface area (Å²) in [7, 11) is -3.30. The summed E-state index contributed by atoms with van der Waals surface area (Å²) in [5.74, 6) is 0. The first-order chi connectivity index (χ1) is 9.38. The number of halogens is 2. The number of hydrogen-bond acceptors (Lipinski definition) is 3. The molecule has 0 unspecified atom stereocenters. The molecule has 0 heterocycles. The van der Waals surface area contributed by atoms with Crippen molar-refractivity contribution in [3.63, 3.8) is 0 Å². The first-order valence-electron chi connectivity index (χ1n) is 5.66. The van der Waals surface area contributed by atoms with Crippen molar-refractivity contribution in [3.8, 4) is 0 Å². The molecule has 0 spiro atoms. The molecule has 0 aliphatic heterocycles. The van der Waals surface area contributed by atoms with Gasteiger partial charge in [0.15, 0.2) is 9.84 Å². The number of hydrogen-bond donors (Lipinski definition) is 0. The number of benzene rings is 2. The second kappa shape index (κ2) is 5.95. The van der Waals surface area contributed by atoms with Crippen LogP contribution in [-0.4, -0.2) is 20.9 Å². The predicted octanol–water partition coefficient (Wildman–Crippen LogP) is 4.15. The van der Waals surface area contributed by atoms with Crippen molar-refractivity contribution in [1.82, 2.24) is 0 Å². The molecule has 0 aliphatic carbocycles. The van der Waals surface area contributed by atoms with Crippen LogP contribution in [0.15, 0.2) is 52.4 Å². The molecule has 0 N–H and O–H groups in total. The fraction of sp³-hybridized carbons (Fsp3) is 0.0714. The van der Waals surface area contributed by atoms with Gasteiger partial charge in [0.25, 0.3) is 0 Å². The maximum atomic E-state index is 11.7. The van der Waals surface area contributed by atoms with Crippen LogP contribution in [0.4, 0.5) is 5.69 Å². The highest BCUT2D eigenvalue weighted by Crippen LogP contribution is 2.28. The van der Waals surface area contributed by atoms with Crippen molar-refractivity contribution in [2.24, 2.45) is 4.99 Å². The molecule has 0 saturated carbocycles. The van der Waals surface area contributed by atoms with Crippen LogP contribution in [0.5, 0.6) is 0 Å². The molecule has 2 aromatic rings. The summed E-state index contributed by atoms with van der Waals surface area (Å²) >= 11 is 11.8. The molecule has 2 aromatic carbocycles. The number of sulfone groups is 1. The van der Waals surface area contributed by atoms with Crippen LogP contribution >= 0.6 is 23.2 Å². The van der Waals surface area contributed by atoms with Gasteiger partial charge >= 0.3 is 0 Å².